The summed E-state index contributed by atoms with van der Waals surface area (Å²) in [6.45, 7) is 0. The standard InChI is InChI=1S/C35H21F6N/c36-34(37,38)30-12-8-22(9-13-30)27-19-28(23-10-14-31(15-11-23)35(39,40)41)21-29(20-27)25-5-3-6-26(18-25)33-32-7-2-1-4-24(32)16-17-42-33/h1-21H. The smallest absolute Gasteiger partial charge is 0.256 e. The molecule has 0 aliphatic rings. The van der Waals surface area contributed by atoms with E-state index >= 15 is 0 Å². The summed E-state index contributed by atoms with van der Waals surface area (Å²) >= 11 is 0. The molecule has 7 heteroatoms. The van der Waals surface area contributed by atoms with Gasteiger partial charge in [-0.2, -0.15) is 26.3 Å². The van der Waals surface area contributed by atoms with Gasteiger partial charge in [0, 0.05) is 17.1 Å². The number of rotatable bonds is 4. The Morgan fingerprint density at radius 2 is 0.881 bits per heavy atom. The second-order valence-corrected chi connectivity index (χ2v) is 9.91. The molecule has 0 N–H and O–H groups in total. The summed E-state index contributed by atoms with van der Waals surface area (Å²) in [5.41, 5.74) is 4.08. The highest BCUT2D eigenvalue weighted by Crippen LogP contribution is 2.38. The summed E-state index contributed by atoms with van der Waals surface area (Å²) in [5.74, 6) is 0. The van der Waals surface area contributed by atoms with Crippen LogP contribution in [0.5, 0.6) is 0 Å². The molecule has 0 unspecified atom stereocenters. The molecule has 0 amide bonds. The fraction of sp³-hybridized carbons (Fsp3) is 0.0571. The van der Waals surface area contributed by atoms with Gasteiger partial charge in [0.1, 0.15) is 0 Å². The van der Waals surface area contributed by atoms with E-state index in [-0.39, 0.29) is 0 Å². The van der Waals surface area contributed by atoms with Gasteiger partial charge in [-0.25, -0.2) is 0 Å². The molecule has 42 heavy (non-hydrogen) atoms. The highest BCUT2D eigenvalue weighted by molar-refractivity contribution is 5.95. The predicted molar refractivity (Wildman–Crippen MR) is 153 cm³/mol. The van der Waals surface area contributed by atoms with Crippen molar-refractivity contribution >= 4 is 10.8 Å². The number of halogens is 6. The van der Waals surface area contributed by atoms with Crippen LogP contribution in [0.1, 0.15) is 11.1 Å². The molecule has 208 valence electrons. The number of aromatic nitrogens is 1. The summed E-state index contributed by atoms with van der Waals surface area (Å²) < 4.78 is 79.2. The molecule has 0 radical (unpaired) electrons. The molecular formula is C35H21F6N. The van der Waals surface area contributed by atoms with Gasteiger partial charge in [0.25, 0.3) is 0 Å². The highest BCUT2D eigenvalue weighted by Gasteiger charge is 2.31. The molecule has 6 rings (SSSR count). The first kappa shape index (κ1) is 27.3. The van der Waals surface area contributed by atoms with E-state index in [1.165, 1.54) is 24.3 Å². The molecule has 0 aliphatic carbocycles. The van der Waals surface area contributed by atoms with Gasteiger partial charge in [-0.05, 0) is 93.4 Å². The minimum absolute atomic E-state index is 0.546. The fourth-order valence-electron chi connectivity index (χ4n) is 5.03. The molecule has 6 aromatic rings. The number of hydrogen-bond donors (Lipinski definition) is 0. The number of alkyl halides is 6. The lowest BCUT2D eigenvalue weighted by molar-refractivity contribution is -0.138. The lowest BCUT2D eigenvalue weighted by Gasteiger charge is -2.14. The maximum atomic E-state index is 13.2. The van der Waals surface area contributed by atoms with Crippen LogP contribution in [0.15, 0.2) is 128 Å². The number of fused-ring (bicyclic) bond motifs is 1. The third-order valence-corrected chi connectivity index (χ3v) is 7.17. The van der Waals surface area contributed by atoms with Crippen molar-refractivity contribution in [1.82, 2.24) is 4.98 Å². The first-order valence-electron chi connectivity index (χ1n) is 13.0. The van der Waals surface area contributed by atoms with Crippen molar-refractivity contribution in [2.24, 2.45) is 0 Å². The fourth-order valence-corrected chi connectivity index (χ4v) is 5.03. The molecule has 5 aromatic carbocycles. The lowest BCUT2D eigenvalue weighted by atomic mass is 9.91. The van der Waals surface area contributed by atoms with Gasteiger partial charge in [-0.1, -0.05) is 66.7 Å². The zero-order chi connectivity index (χ0) is 29.5. The summed E-state index contributed by atoms with van der Waals surface area (Å²) in [7, 11) is 0. The van der Waals surface area contributed by atoms with Gasteiger partial charge in [0.15, 0.2) is 0 Å². The van der Waals surface area contributed by atoms with E-state index in [0.717, 1.165) is 57.4 Å². The third kappa shape index (κ3) is 5.50. The first-order valence-corrected chi connectivity index (χ1v) is 13.0. The summed E-state index contributed by atoms with van der Waals surface area (Å²) in [6, 6.07) is 32.8. The van der Waals surface area contributed by atoms with E-state index in [4.69, 9.17) is 0 Å². The van der Waals surface area contributed by atoms with Crippen LogP contribution < -0.4 is 0 Å². The Morgan fingerprint density at radius 3 is 1.43 bits per heavy atom. The largest absolute Gasteiger partial charge is 0.416 e. The van der Waals surface area contributed by atoms with Crippen molar-refractivity contribution in [2.75, 3.05) is 0 Å². The maximum absolute atomic E-state index is 13.2. The zero-order valence-corrected chi connectivity index (χ0v) is 21.8. The maximum Gasteiger partial charge on any atom is 0.416 e. The number of nitrogens with zero attached hydrogens (tertiary/aromatic N) is 1. The van der Waals surface area contributed by atoms with E-state index in [1.807, 2.05) is 66.7 Å². The summed E-state index contributed by atoms with van der Waals surface area (Å²) in [4.78, 5) is 4.61. The van der Waals surface area contributed by atoms with Gasteiger partial charge >= 0.3 is 12.4 Å². The van der Waals surface area contributed by atoms with Crippen molar-refractivity contribution in [1.29, 1.82) is 0 Å². The van der Waals surface area contributed by atoms with Gasteiger partial charge in [0.05, 0.1) is 16.8 Å². The Hall–Kier alpha value is -4.91. The van der Waals surface area contributed by atoms with E-state index < -0.39 is 23.5 Å². The number of hydrogen-bond acceptors (Lipinski definition) is 1. The van der Waals surface area contributed by atoms with E-state index in [1.54, 1.807) is 12.3 Å². The summed E-state index contributed by atoms with van der Waals surface area (Å²) in [6.07, 6.45) is -7.19. The molecule has 0 spiro atoms. The van der Waals surface area contributed by atoms with E-state index in [9.17, 15) is 26.3 Å². The number of benzene rings is 5. The average Bonchev–Trinajstić information content (AvgIpc) is 3.00. The van der Waals surface area contributed by atoms with Crippen LogP contribution in [0.2, 0.25) is 0 Å². The molecular weight excluding hydrogens is 548 g/mol. The van der Waals surface area contributed by atoms with Crippen LogP contribution >= 0.6 is 0 Å². The minimum Gasteiger partial charge on any atom is -0.256 e. The van der Waals surface area contributed by atoms with Crippen molar-refractivity contribution in [3.63, 3.8) is 0 Å². The second-order valence-electron chi connectivity index (χ2n) is 9.91. The van der Waals surface area contributed by atoms with Crippen LogP contribution in [-0.2, 0) is 12.4 Å². The number of pyridine rings is 1. The van der Waals surface area contributed by atoms with E-state index in [0.29, 0.717) is 22.3 Å². The van der Waals surface area contributed by atoms with Crippen LogP contribution in [0.3, 0.4) is 0 Å². The zero-order valence-electron chi connectivity index (χ0n) is 21.8. The van der Waals surface area contributed by atoms with Crippen molar-refractivity contribution in [3.05, 3.63) is 139 Å². The minimum atomic E-state index is -4.47. The molecule has 0 aliphatic heterocycles. The Balaban J connectivity index is 1.49. The second kappa shape index (κ2) is 10.5. The average molecular weight is 570 g/mol. The highest BCUT2D eigenvalue weighted by atomic mass is 19.4. The Labute approximate surface area is 237 Å². The van der Waals surface area contributed by atoms with Crippen LogP contribution in [0.4, 0.5) is 26.3 Å². The van der Waals surface area contributed by atoms with Crippen LogP contribution in [-0.4, -0.2) is 4.98 Å². The van der Waals surface area contributed by atoms with E-state index in [2.05, 4.69) is 4.98 Å². The van der Waals surface area contributed by atoms with Crippen molar-refractivity contribution in [2.45, 2.75) is 12.4 Å². The van der Waals surface area contributed by atoms with Gasteiger partial charge in [-0.3, -0.25) is 4.98 Å². The molecule has 0 bridgehead atoms. The molecule has 0 fully saturated rings. The van der Waals surface area contributed by atoms with Crippen molar-refractivity contribution < 1.29 is 26.3 Å². The van der Waals surface area contributed by atoms with Gasteiger partial charge in [0.2, 0.25) is 0 Å². The van der Waals surface area contributed by atoms with Gasteiger partial charge in [-0.15, -0.1) is 0 Å². The molecule has 1 aromatic heterocycles. The van der Waals surface area contributed by atoms with Crippen LogP contribution in [0, 0.1) is 0 Å². The van der Waals surface area contributed by atoms with Crippen molar-refractivity contribution in [3.8, 4) is 44.6 Å². The normalized spacial score (nSPS) is 12.0. The Morgan fingerprint density at radius 1 is 0.405 bits per heavy atom. The first-order chi connectivity index (χ1) is 20.1. The quantitative estimate of drug-likeness (QED) is 0.193. The topological polar surface area (TPSA) is 12.9 Å². The molecule has 1 nitrogen and oxygen atoms in total. The van der Waals surface area contributed by atoms with Gasteiger partial charge < -0.3 is 0 Å². The molecule has 0 saturated carbocycles. The monoisotopic (exact) mass is 569 g/mol. The molecule has 0 saturated heterocycles. The lowest BCUT2D eigenvalue weighted by Crippen LogP contribution is -2.04. The van der Waals surface area contributed by atoms with Crippen LogP contribution in [0.25, 0.3) is 55.4 Å². The Kier molecular flexibility index (Phi) is 6.81. The summed E-state index contributed by atoms with van der Waals surface area (Å²) in [5, 5.41) is 2.03. The Bertz CT molecular complexity index is 1800. The SMILES string of the molecule is FC(F)(F)c1ccc(-c2cc(-c3ccc(C(F)(F)F)cc3)cc(-c3cccc(-c4nccc5ccccc45)c3)c2)cc1. The molecule has 0 atom stereocenters. The third-order valence-electron chi connectivity index (χ3n) is 7.17. The molecule has 1 heterocycles. The predicted octanol–water partition coefficient (Wildman–Crippen LogP) is 10.9.